The first-order valence-electron chi connectivity index (χ1n) is 8.29. The normalized spacial score (nSPS) is 10.5. The molecular weight excluding hydrogens is 348 g/mol. The Morgan fingerprint density at radius 1 is 1.19 bits per heavy atom. The van der Waals surface area contributed by atoms with Crippen molar-refractivity contribution in [2.75, 3.05) is 17.7 Å². The Morgan fingerprint density at radius 3 is 2.69 bits per heavy atom. The number of carbonyl (C=O) groups excluding carboxylic acids is 1. The number of thioether (sulfide) groups is 1. The van der Waals surface area contributed by atoms with Crippen LogP contribution in [0.5, 0.6) is 5.75 Å². The Bertz CT molecular complexity index is 877. The molecule has 0 saturated heterocycles. The summed E-state index contributed by atoms with van der Waals surface area (Å²) in [6.45, 7) is 4.57. The third kappa shape index (κ3) is 4.64. The van der Waals surface area contributed by atoms with Crippen LogP contribution in [0.25, 0.3) is 11.4 Å². The molecule has 2 aromatic carbocycles. The van der Waals surface area contributed by atoms with Gasteiger partial charge in [-0.25, -0.2) is 4.98 Å². The SMILES string of the molecule is CCOc1ccc(NC(=O)CSc2n[nH]c(-c3ccccc3C)n2)cc1. The molecule has 0 fully saturated rings. The Balaban J connectivity index is 1.54. The number of anilines is 1. The Hall–Kier alpha value is -2.80. The molecule has 0 unspecified atom stereocenters. The number of rotatable bonds is 7. The van der Waals surface area contributed by atoms with Gasteiger partial charge in [-0.3, -0.25) is 9.89 Å². The number of aryl methyl sites for hydroxylation is 1. The maximum atomic E-state index is 12.1. The monoisotopic (exact) mass is 368 g/mol. The van der Waals surface area contributed by atoms with Gasteiger partial charge in [-0.15, -0.1) is 5.10 Å². The highest BCUT2D eigenvalue weighted by Gasteiger charge is 2.10. The number of H-pyrrole nitrogens is 1. The second kappa shape index (κ2) is 8.53. The number of hydrogen-bond acceptors (Lipinski definition) is 5. The third-order valence-corrected chi connectivity index (χ3v) is 4.49. The van der Waals surface area contributed by atoms with Crippen molar-refractivity contribution in [1.29, 1.82) is 0 Å². The molecule has 1 heterocycles. The van der Waals surface area contributed by atoms with Crippen molar-refractivity contribution in [2.45, 2.75) is 19.0 Å². The van der Waals surface area contributed by atoms with Crippen LogP contribution in [0.15, 0.2) is 53.7 Å². The number of carbonyl (C=O) groups is 1. The average molecular weight is 368 g/mol. The van der Waals surface area contributed by atoms with E-state index >= 15 is 0 Å². The van der Waals surface area contributed by atoms with E-state index in [9.17, 15) is 4.79 Å². The molecule has 0 aliphatic rings. The fourth-order valence-corrected chi connectivity index (χ4v) is 3.00. The fourth-order valence-electron chi connectivity index (χ4n) is 2.40. The zero-order valence-corrected chi connectivity index (χ0v) is 15.5. The molecule has 134 valence electrons. The zero-order chi connectivity index (χ0) is 18.4. The van der Waals surface area contributed by atoms with Crippen molar-refractivity contribution in [1.82, 2.24) is 15.2 Å². The summed E-state index contributed by atoms with van der Waals surface area (Å²) >= 11 is 1.29. The summed E-state index contributed by atoms with van der Waals surface area (Å²) in [5, 5.41) is 10.5. The largest absolute Gasteiger partial charge is 0.494 e. The molecule has 0 aliphatic heterocycles. The molecule has 0 radical (unpaired) electrons. The zero-order valence-electron chi connectivity index (χ0n) is 14.7. The molecule has 3 rings (SSSR count). The number of aromatic nitrogens is 3. The molecule has 1 aromatic heterocycles. The number of benzene rings is 2. The van der Waals surface area contributed by atoms with Crippen LogP contribution in [0, 0.1) is 6.92 Å². The molecule has 0 atom stereocenters. The van der Waals surface area contributed by atoms with E-state index in [4.69, 9.17) is 4.74 Å². The lowest BCUT2D eigenvalue weighted by molar-refractivity contribution is -0.113. The van der Waals surface area contributed by atoms with Crippen LogP contribution >= 0.6 is 11.8 Å². The molecule has 0 aliphatic carbocycles. The van der Waals surface area contributed by atoms with Crippen molar-refractivity contribution in [3.8, 4) is 17.1 Å². The Labute approximate surface area is 156 Å². The van der Waals surface area contributed by atoms with Gasteiger partial charge in [-0.1, -0.05) is 36.0 Å². The lowest BCUT2D eigenvalue weighted by Gasteiger charge is -2.06. The second-order valence-corrected chi connectivity index (χ2v) is 6.52. The quantitative estimate of drug-likeness (QED) is 0.618. The van der Waals surface area contributed by atoms with Crippen molar-refractivity contribution in [3.63, 3.8) is 0 Å². The summed E-state index contributed by atoms with van der Waals surface area (Å²) in [5.74, 6) is 1.61. The summed E-state index contributed by atoms with van der Waals surface area (Å²) in [6, 6.07) is 15.2. The summed E-state index contributed by atoms with van der Waals surface area (Å²) in [5.41, 5.74) is 2.86. The first kappa shape index (κ1) is 18.0. The van der Waals surface area contributed by atoms with E-state index in [1.165, 1.54) is 11.8 Å². The first-order chi connectivity index (χ1) is 12.7. The standard InChI is InChI=1S/C19H20N4O2S/c1-3-25-15-10-8-14(9-11-15)20-17(24)12-26-19-21-18(22-23-19)16-7-5-4-6-13(16)2/h4-11H,3,12H2,1-2H3,(H,20,24)(H,21,22,23). The van der Waals surface area contributed by atoms with Crippen LogP contribution in [0.3, 0.4) is 0 Å². The van der Waals surface area contributed by atoms with Crippen LogP contribution in [0.1, 0.15) is 12.5 Å². The summed E-state index contributed by atoms with van der Waals surface area (Å²) in [6.07, 6.45) is 0. The van der Waals surface area contributed by atoms with E-state index < -0.39 is 0 Å². The number of nitrogens with zero attached hydrogens (tertiary/aromatic N) is 2. The van der Waals surface area contributed by atoms with E-state index in [0.29, 0.717) is 17.6 Å². The van der Waals surface area contributed by atoms with E-state index in [1.807, 2.05) is 62.4 Å². The van der Waals surface area contributed by atoms with Gasteiger partial charge in [0.05, 0.1) is 12.4 Å². The number of aromatic amines is 1. The van der Waals surface area contributed by atoms with Crippen LogP contribution in [-0.4, -0.2) is 33.4 Å². The minimum absolute atomic E-state index is 0.110. The molecule has 0 spiro atoms. The number of amides is 1. The smallest absolute Gasteiger partial charge is 0.234 e. The number of hydrogen-bond donors (Lipinski definition) is 2. The van der Waals surface area contributed by atoms with Gasteiger partial charge in [0.15, 0.2) is 5.82 Å². The predicted octanol–water partition coefficient (Wildman–Crippen LogP) is 3.91. The highest BCUT2D eigenvalue weighted by Crippen LogP contribution is 2.22. The average Bonchev–Trinajstić information content (AvgIpc) is 3.11. The van der Waals surface area contributed by atoms with Crippen molar-refractivity contribution in [3.05, 3.63) is 54.1 Å². The van der Waals surface area contributed by atoms with Gasteiger partial charge in [0.1, 0.15) is 5.75 Å². The lowest BCUT2D eigenvalue weighted by atomic mass is 10.1. The molecule has 7 heteroatoms. The Morgan fingerprint density at radius 2 is 1.96 bits per heavy atom. The van der Waals surface area contributed by atoms with Gasteiger partial charge in [0.2, 0.25) is 11.1 Å². The summed E-state index contributed by atoms with van der Waals surface area (Å²) in [4.78, 5) is 16.6. The van der Waals surface area contributed by atoms with Gasteiger partial charge in [0, 0.05) is 11.3 Å². The lowest BCUT2D eigenvalue weighted by Crippen LogP contribution is -2.14. The van der Waals surface area contributed by atoms with Crippen LogP contribution in [0.2, 0.25) is 0 Å². The van der Waals surface area contributed by atoms with Gasteiger partial charge in [-0.2, -0.15) is 0 Å². The van der Waals surface area contributed by atoms with Crippen molar-refractivity contribution >= 4 is 23.4 Å². The molecule has 0 bridgehead atoms. The minimum Gasteiger partial charge on any atom is -0.494 e. The van der Waals surface area contributed by atoms with E-state index in [1.54, 1.807) is 0 Å². The summed E-state index contributed by atoms with van der Waals surface area (Å²) in [7, 11) is 0. The molecule has 1 amide bonds. The number of nitrogens with one attached hydrogen (secondary N) is 2. The fraction of sp³-hybridized carbons (Fsp3) is 0.211. The topological polar surface area (TPSA) is 79.9 Å². The second-order valence-electron chi connectivity index (χ2n) is 5.58. The maximum absolute atomic E-state index is 12.1. The highest BCUT2D eigenvalue weighted by molar-refractivity contribution is 7.99. The van der Waals surface area contributed by atoms with Crippen molar-refractivity contribution < 1.29 is 9.53 Å². The molecule has 26 heavy (non-hydrogen) atoms. The van der Waals surface area contributed by atoms with Crippen molar-refractivity contribution in [2.24, 2.45) is 0 Å². The van der Waals surface area contributed by atoms with Gasteiger partial charge in [0.25, 0.3) is 0 Å². The maximum Gasteiger partial charge on any atom is 0.234 e. The van der Waals surface area contributed by atoms with Crippen LogP contribution in [0.4, 0.5) is 5.69 Å². The van der Waals surface area contributed by atoms with E-state index in [-0.39, 0.29) is 11.7 Å². The molecular formula is C19H20N4O2S. The Kier molecular flexibility index (Phi) is 5.91. The predicted molar refractivity (Wildman–Crippen MR) is 104 cm³/mol. The van der Waals surface area contributed by atoms with Gasteiger partial charge in [-0.05, 0) is 43.7 Å². The summed E-state index contributed by atoms with van der Waals surface area (Å²) < 4.78 is 5.38. The first-order valence-corrected chi connectivity index (χ1v) is 9.28. The van der Waals surface area contributed by atoms with E-state index in [2.05, 4.69) is 20.5 Å². The van der Waals surface area contributed by atoms with E-state index in [0.717, 1.165) is 22.6 Å². The number of ether oxygens (including phenoxy) is 1. The molecule has 3 aromatic rings. The van der Waals surface area contributed by atoms with Gasteiger partial charge < -0.3 is 10.1 Å². The molecule has 2 N–H and O–H groups in total. The highest BCUT2D eigenvalue weighted by atomic mass is 32.2. The van der Waals surface area contributed by atoms with Gasteiger partial charge >= 0.3 is 0 Å². The minimum atomic E-state index is -0.110. The van der Waals surface area contributed by atoms with Crippen LogP contribution in [-0.2, 0) is 4.79 Å². The molecule has 6 nitrogen and oxygen atoms in total. The molecule has 0 saturated carbocycles. The third-order valence-electron chi connectivity index (χ3n) is 3.65. The van der Waals surface area contributed by atoms with Crippen LogP contribution < -0.4 is 10.1 Å².